The highest BCUT2D eigenvalue weighted by Gasteiger charge is 2.15. The number of aryl methyl sites for hydroxylation is 1. The normalized spacial score (nSPS) is 9.38. The molecule has 1 aromatic heterocycles. The maximum atomic E-state index is 11.9. The fourth-order valence-electron chi connectivity index (χ4n) is 2.00. The lowest BCUT2D eigenvalue weighted by Gasteiger charge is -1.98. The third-order valence-electron chi connectivity index (χ3n) is 3.00. The fraction of sp³-hybridized carbons (Fsp3) is 0.176. The molecule has 0 fully saturated rings. The van der Waals surface area contributed by atoms with Crippen LogP contribution in [0.3, 0.4) is 0 Å². The summed E-state index contributed by atoms with van der Waals surface area (Å²) in [6, 6.07) is 11.5. The van der Waals surface area contributed by atoms with Gasteiger partial charge < -0.3 is 5.32 Å². The number of anilines is 1. The average molecular weight is 294 g/mol. The smallest absolute Gasteiger partial charge is 0.301 e. The summed E-state index contributed by atoms with van der Waals surface area (Å²) in [5.41, 5.74) is 2.33. The Morgan fingerprint density at radius 1 is 1.33 bits per heavy atom. The molecule has 104 valence electrons. The Balaban J connectivity index is 2.18. The van der Waals surface area contributed by atoms with E-state index in [1.165, 1.54) is 11.3 Å². The zero-order valence-electron chi connectivity index (χ0n) is 11.9. The quantitative estimate of drug-likeness (QED) is 0.862. The van der Waals surface area contributed by atoms with Gasteiger partial charge in [0.2, 0.25) is 0 Å². The lowest BCUT2D eigenvalue weighted by atomic mass is 10.1. The van der Waals surface area contributed by atoms with Gasteiger partial charge >= 0.3 is 5.91 Å². The number of nitrogens with one attached hydrogen (secondary N) is 1. The summed E-state index contributed by atoms with van der Waals surface area (Å²) in [7, 11) is 0. The SMILES string of the molecule is CCc1c(C)sc(NC(=O)C#Cc2ccccc2)c1C#N. The number of carbonyl (C=O) groups is 1. The van der Waals surface area contributed by atoms with E-state index in [0.29, 0.717) is 10.6 Å². The molecule has 0 aliphatic heterocycles. The van der Waals surface area contributed by atoms with Crippen molar-refractivity contribution < 1.29 is 4.79 Å². The predicted octanol–water partition coefficient (Wildman–Crippen LogP) is 3.48. The molecular weight excluding hydrogens is 280 g/mol. The average Bonchev–Trinajstić information content (AvgIpc) is 2.80. The second kappa shape index (κ2) is 6.74. The van der Waals surface area contributed by atoms with E-state index in [2.05, 4.69) is 23.2 Å². The van der Waals surface area contributed by atoms with Crippen LogP contribution in [-0.2, 0) is 11.2 Å². The number of nitrogens with zero attached hydrogens (tertiary/aromatic N) is 1. The molecule has 0 aliphatic rings. The Hall–Kier alpha value is -2.56. The van der Waals surface area contributed by atoms with Crippen LogP contribution in [0, 0.1) is 30.1 Å². The summed E-state index contributed by atoms with van der Waals surface area (Å²) in [5.74, 6) is 4.94. The van der Waals surface area contributed by atoms with Gasteiger partial charge in [-0.05, 0) is 31.0 Å². The standard InChI is InChI=1S/C17H14N2OS/c1-3-14-12(2)21-17(15(14)11-18)19-16(20)10-9-13-7-5-4-6-8-13/h4-8H,3H2,1-2H3,(H,19,20). The van der Waals surface area contributed by atoms with Crippen molar-refractivity contribution in [2.24, 2.45) is 0 Å². The number of nitriles is 1. The Morgan fingerprint density at radius 2 is 2.05 bits per heavy atom. The first-order valence-electron chi connectivity index (χ1n) is 6.56. The second-order valence-corrected chi connectivity index (χ2v) is 5.60. The van der Waals surface area contributed by atoms with E-state index >= 15 is 0 Å². The summed E-state index contributed by atoms with van der Waals surface area (Å²) in [6.07, 6.45) is 0.775. The van der Waals surface area contributed by atoms with Crippen molar-refractivity contribution in [3.05, 3.63) is 51.9 Å². The van der Waals surface area contributed by atoms with Crippen molar-refractivity contribution in [3.8, 4) is 17.9 Å². The van der Waals surface area contributed by atoms with Crippen LogP contribution >= 0.6 is 11.3 Å². The monoisotopic (exact) mass is 294 g/mol. The van der Waals surface area contributed by atoms with Crippen LogP contribution in [0.25, 0.3) is 0 Å². The van der Waals surface area contributed by atoms with E-state index in [-0.39, 0.29) is 0 Å². The number of carbonyl (C=O) groups excluding carboxylic acids is 1. The third kappa shape index (κ3) is 3.51. The van der Waals surface area contributed by atoms with Crippen LogP contribution in [0.5, 0.6) is 0 Å². The molecule has 1 aromatic carbocycles. The van der Waals surface area contributed by atoms with Crippen molar-refractivity contribution in [1.82, 2.24) is 0 Å². The highest BCUT2D eigenvalue weighted by molar-refractivity contribution is 7.16. The molecular formula is C17H14N2OS. The Bertz CT molecular complexity index is 758. The van der Waals surface area contributed by atoms with E-state index in [1.807, 2.05) is 44.2 Å². The van der Waals surface area contributed by atoms with Gasteiger partial charge in [0.15, 0.2) is 0 Å². The summed E-state index contributed by atoms with van der Waals surface area (Å²) in [4.78, 5) is 12.9. The summed E-state index contributed by atoms with van der Waals surface area (Å²) in [5, 5.41) is 12.5. The molecule has 0 spiro atoms. The fourth-order valence-corrected chi connectivity index (χ4v) is 3.09. The van der Waals surface area contributed by atoms with Gasteiger partial charge in [-0.2, -0.15) is 5.26 Å². The first kappa shape index (κ1) is 14.8. The van der Waals surface area contributed by atoms with Gasteiger partial charge in [-0.25, -0.2) is 0 Å². The van der Waals surface area contributed by atoms with Crippen LogP contribution in [0.4, 0.5) is 5.00 Å². The van der Waals surface area contributed by atoms with Gasteiger partial charge in [-0.1, -0.05) is 31.0 Å². The maximum absolute atomic E-state index is 11.9. The number of hydrogen-bond donors (Lipinski definition) is 1. The largest absolute Gasteiger partial charge is 0.306 e. The van der Waals surface area contributed by atoms with Gasteiger partial charge in [-0.3, -0.25) is 4.79 Å². The zero-order valence-corrected chi connectivity index (χ0v) is 12.7. The molecule has 1 N–H and O–H groups in total. The van der Waals surface area contributed by atoms with Gasteiger partial charge in [0.1, 0.15) is 11.1 Å². The van der Waals surface area contributed by atoms with Crippen molar-refractivity contribution in [3.63, 3.8) is 0 Å². The molecule has 0 saturated carbocycles. The van der Waals surface area contributed by atoms with Crippen LogP contribution < -0.4 is 5.32 Å². The molecule has 2 rings (SSSR count). The molecule has 0 aliphatic carbocycles. The molecule has 3 nitrogen and oxygen atoms in total. The minimum absolute atomic E-state index is 0.403. The summed E-state index contributed by atoms with van der Waals surface area (Å²) >= 11 is 1.42. The van der Waals surface area contributed by atoms with Crippen LogP contribution in [0.2, 0.25) is 0 Å². The van der Waals surface area contributed by atoms with E-state index in [4.69, 9.17) is 0 Å². The molecule has 4 heteroatoms. The lowest BCUT2D eigenvalue weighted by Crippen LogP contribution is -2.08. The van der Waals surface area contributed by atoms with E-state index in [0.717, 1.165) is 22.4 Å². The highest BCUT2D eigenvalue weighted by Crippen LogP contribution is 2.32. The number of benzene rings is 1. The molecule has 0 bridgehead atoms. The predicted molar refractivity (Wildman–Crippen MR) is 85.1 cm³/mol. The van der Waals surface area contributed by atoms with Gasteiger partial charge in [0.05, 0.1) is 5.56 Å². The van der Waals surface area contributed by atoms with Gasteiger partial charge in [0, 0.05) is 16.4 Å². The Labute approximate surface area is 128 Å². The Kier molecular flexibility index (Phi) is 4.77. The van der Waals surface area contributed by atoms with E-state index < -0.39 is 5.91 Å². The van der Waals surface area contributed by atoms with E-state index in [1.54, 1.807) is 0 Å². The Morgan fingerprint density at radius 3 is 2.67 bits per heavy atom. The van der Waals surface area contributed by atoms with Crippen molar-refractivity contribution in [2.75, 3.05) is 5.32 Å². The van der Waals surface area contributed by atoms with E-state index in [9.17, 15) is 10.1 Å². The van der Waals surface area contributed by atoms with Crippen molar-refractivity contribution >= 4 is 22.2 Å². The number of thiophene rings is 1. The maximum Gasteiger partial charge on any atom is 0.301 e. The summed E-state index contributed by atoms with van der Waals surface area (Å²) < 4.78 is 0. The van der Waals surface area contributed by atoms with Crippen molar-refractivity contribution in [2.45, 2.75) is 20.3 Å². The van der Waals surface area contributed by atoms with Crippen molar-refractivity contribution in [1.29, 1.82) is 5.26 Å². The molecule has 0 unspecified atom stereocenters. The molecule has 0 atom stereocenters. The topological polar surface area (TPSA) is 52.9 Å². The first-order chi connectivity index (χ1) is 10.2. The molecule has 1 heterocycles. The summed E-state index contributed by atoms with van der Waals surface area (Å²) in [6.45, 7) is 3.95. The first-order valence-corrected chi connectivity index (χ1v) is 7.37. The molecule has 1 amide bonds. The molecule has 2 aromatic rings. The highest BCUT2D eigenvalue weighted by atomic mass is 32.1. The van der Waals surface area contributed by atoms with Crippen LogP contribution in [-0.4, -0.2) is 5.91 Å². The van der Waals surface area contributed by atoms with Gasteiger partial charge in [0.25, 0.3) is 0 Å². The number of rotatable bonds is 2. The second-order valence-electron chi connectivity index (χ2n) is 4.38. The lowest BCUT2D eigenvalue weighted by molar-refractivity contribution is -0.111. The molecule has 21 heavy (non-hydrogen) atoms. The minimum Gasteiger partial charge on any atom is -0.306 e. The number of hydrogen-bond acceptors (Lipinski definition) is 3. The van der Waals surface area contributed by atoms with Crippen LogP contribution in [0.1, 0.15) is 28.5 Å². The minimum atomic E-state index is -0.403. The number of amides is 1. The van der Waals surface area contributed by atoms with Gasteiger partial charge in [-0.15, -0.1) is 11.3 Å². The third-order valence-corrected chi connectivity index (χ3v) is 4.06. The van der Waals surface area contributed by atoms with Crippen LogP contribution in [0.15, 0.2) is 30.3 Å². The molecule has 0 radical (unpaired) electrons. The molecule has 0 saturated heterocycles. The zero-order chi connectivity index (χ0) is 15.2.